The topological polar surface area (TPSA) is 82.5 Å². The summed E-state index contributed by atoms with van der Waals surface area (Å²) in [6.45, 7) is 1.77. The van der Waals surface area contributed by atoms with E-state index in [0.717, 1.165) is 40.9 Å². The molecule has 0 unspecified atom stereocenters. The summed E-state index contributed by atoms with van der Waals surface area (Å²) in [5.74, 6) is -0.192. The van der Waals surface area contributed by atoms with Crippen LogP contribution in [0, 0.1) is 0 Å². The molecule has 0 spiro atoms. The zero-order chi connectivity index (χ0) is 20.1. The van der Waals surface area contributed by atoms with Crippen LogP contribution in [0.1, 0.15) is 29.0 Å². The number of phenols is 1. The maximum absolute atomic E-state index is 12.1. The second-order valence-corrected chi connectivity index (χ2v) is 8.74. The Kier molecular flexibility index (Phi) is 4.53. The lowest BCUT2D eigenvalue weighted by molar-refractivity contribution is -0.139. The monoisotopic (exact) mass is 427 g/mol. The van der Waals surface area contributed by atoms with Gasteiger partial charge in [0.1, 0.15) is 10.6 Å². The number of likely N-dealkylation sites (tertiary alicyclic amines) is 1. The summed E-state index contributed by atoms with van der Waals surface area (Å²) in [6.07, 6.45) is 1.37. The average Bonchev–Trinajstić information content (AvgIpc) is 3.24. The molecular weight excluding hydrogens is 410 g/mol. The third kappa shape index (κ3) is 3.10. The summed E-state index contributed by atoms with van der Waals surface area (Å²) < 4.78 is 0. The number of benzene rings is 1. The molecule has 1 saturated heterocycles. The second-order valence-electron chi connectivity index (χ2n) is 7.28. The molecule has 5 rings (SSSR count). The molecule has 8 heteroatoms. The van der Waals surface area contributed by atoms with Crippen molar-refractivity contribution in [2.24, 2.45) is 0 Å². The van der Waals surface area contributed by atoms with E-state index in [2.05, 4.69) is 5.32 Å². The van der Waals surface area contributed by atoms with Crippen LogP contribution in [0.25, 0.3) is 21.3 Å². The number of amides is 2. The van der Waals surface area contributed by atoms with E-state index in [9.17, 15) is 14.7 Å². The molecule has 1 aromatic carbocycles. The standard InChI is InChI=1S/C21H18ClN3O3S/c22-20-14(10-25-16(27)5-6-17(25)28)24-21-19(13-7-8-23-9-15(13)29-21)18(20)11-1-3-12(26)4-2-11/h1-4,23,26H,5-10H2. The van der Waals surface area contributed by atoms with Crippen LogP contribution in [0.4, 0.5) is 0 Å². The van der Waals surface area contributed by atoms with Gasteiger partial charge in [-0.1, -0.05) is 23.7 Å². The number of thiophene rings is 1. The van der Waals surface area contributed by atoms with Crippen molar-refractivity contribution in [2.45, 2.75) is 32.4 Å². The molecule has 2 amide bonds. The Labute approximate surface area is 176 Å². The largest absolute Gasteiger partial charge is 0.508 e. The van der Waals surface area contributed by atoms with Crippen LogP contribution in [-0.4, -0.2) is 33.3 Å². The highest BCUT2D eigenvalue weighted by molar-refractivity contribution is 7.19. The summed E-state index contributed by atoms with van der Waals surface area (Å²) in [7, 11) is 0. The van der Waals surface area contributed by atoms with Gasteiger partial charge in [0, 0.05) is 35.2 Å². The molecule has 2 aromatic heterocycles. The molecular formula is C21H18ClN3O3S. The molecule has 2 N–H and O–H groups in total. The SMILES string of the molecule is O=C1CCC(=O)N1Cc1nc2sc3c(c2c(-c2ccc(O)cc2)c1Cl)CCNC3. The molecule has 2 aliphatic rings. The summed E-state index contributed by atoms with van der Waals surface area (Å²) >= 11 is 8.47. The van der Waals surface area contributed by atoms with E-state index in [0.29, 0.717) is 10.7 Å². The van der Waals surface area contributed by atoms with Gasteiger partial charge in [0.15, 0.2) is 0 Å². The first kappa shape index (κ1) is 18.5. The van der Waals surface area contributed by atoms with Gasteiger partial charge < -0.3 is 10.4 Å². The lowest BCUT2D eigenvalue weighted by atomic mass is 9.96. The molecule has 0 aliphatic carbocycles. The van der Waals surface area contributed by atoms with Gasteiger partial charge in [-0.05, 0) is 36.2 Å². The first-order valence-electron chi connectivity index (χ1n) is 9.49. The molecule has 29 heavy (non-hydrogen) atoms. The number of aromatic hydroxyl groups is 1. The average molecular weight is 428 g/mol. The fraction of sp³-hybridized carbons (Fsp3) is 0.286. The number of nitrogens with one attached hydrogen (secondary N) is 1. The number of imide groups is 1. The van der Waals surface area contributed by atoms with Crippen LogP contribution in [0.5, 0.6) is 5.75 Å². The van der Waals surface area contributed by atoms with Crippen molar-refractivity contribution in [3.05, 3.63) is 45.4 Å². The Balaban J connectivity index is 1.73. The van der Waals surface area contributed by atoms with E-state index in [1.54, 1.807) is 23.5 Å². The Morgan fingerprint density at radius 3 is 2.59 bits per heavy atom. The lowest BCUT2D eigenvalue weighted by Crippen LogP contribution is -2.29. The number of nitrogens with zero attached hydrogens (tertiary/aromatic N) is 2. The predicted molar refractivity (Wildman–Crippen MR) is 112 cm³/mol. The number of pyridine rings is 1. The lowest BCUT2D eigenvalue weighted by Gasteiger charge is -2.18. The highest BCUT2D eigenvalue weighted by Crippen LogP contribution is 2.44. The Hall–Kier alpha value is -2.48. The van der Waals surface area contributed by atoms with Crippen LogP contribution in [0.2, 0.25) is 5.02 Å². The molecule has 4 heterocycles. The minimum atomic E-state index is -0.186. The quantitative estimate of drug-likeness (QED) is 0.624. The van der Waals surface area contributed by atoms with Crippen molar-refractivity contribution in [3.8, 4) is 16.9 Å². The summed E-state index contributed by atoms with van der Waals surface area (Å²) in [5.41, 5.74) is 3.50. The van der Waals surface area contributed by atoms with Crippen molar-refractivity contribution in [2.75, 3.05) is 6.54 Å². The highest BCUT2D eigenvalue weighted by atomic mass is 35.5. The van der Waals surface area contributed by atoms with Gasteiger partial charge in [-0.3, -0.25) is 14.5 Å². The van der Waals surface area contributed by atoms with E-state index < -0.39 is 0 Å². The number of fused-ring (bicyclic) bond motifs is 3. The third-order valence-corrected chi connectivity index (χ3v) is 7.02. The maximum atomic E-state index is 12.1. The van der Waals surface area contributed by atoms with Crippen LogP contribution >= 0.6 is 22.9 Å². The van der Waals surface area contributed by atoms with Crippen LogP contribution < -0.4 is 5.32 Å². The highest BCUT2D eigenvalue weighted by Gasteiger charge is 2.31. The molecule has 0 atom stereocenters. The number of rotatable bonds is 3. The maximum Gasteiger partial charge on any atom is 0.230 e. The minimum Gasteiger partial charge on any atom is -0.508 e. The van der Waals surface area contributed by atoms with Gasteiger partial charge in [0.2, 0.25) is 11.8 Å². The molecule has 3 aromatic rings. The Morgan fingerprint density at radius 1 is 1.14 bits per heavy atom. The fourth-order valence-electron chi connectivity index (χ4n) is 4.04. The summed E-state index contributed by atoms with van der Waals surface area (Å²) in [4.78, 5) is 32.4. The normalized spacial score (nSPS) is 16.7. The first-order valence-corrected chi connectivity index (χ1v) is 10.7. The van der Waals surface area contributed by atoms with Gasteiger partial charge in [-0.25, -0.2) is 4.98 Å². The Morgan fingerprint density at radius 2 is 1.86 bits per heavy atom. The molecule has 148 valence electrons. The van der Waals surface area contributed by atoms with Gasteiger partial charge >= 0.3 is 0 Å². The number of carbonyl (C=O) groups excluding carboxylic acids is 2. The van der Waals surface area contributed by atoms with Gasteiger partial charge in [0.25, 0.3) is 0 Å². The van der Waals surface area contributed by atoms with E-state index in [1.807, 2.05) is 12.1 Å². The molecule has 2 aliphatic heterocycles. The number of hydrogen-bond donors (Lipinski definition) is 2. The van der Waals surface area contributed by atoms with E-state index in [1.165, 1.54) is 15.3 Å². The summed E-state index contributed by atoms with van der Waals surface area (Å²) in [5, 5.41) is 14.6. The third-order valence-electron chi connectivity index (χ3n) is 5.49. The van der Waals surface area contributed by atoms with Crippen molar-refractivity contribution in [3.63, 3.8) is 0 Å². The molecule has 1 fully saturated rings. The van der Waals surface area contributed by atoms with E-state index in [4.69, 9.17) is 16.6 Å². The van der Waals surface area contributed by atoms with E-state index >= 15 is 0 Å². The molecule has 0 radical (unpaired) electrons. The Bertz CT molecular complexity index is 1140. The van der Waals surface area contributed by atoms with Crippen LogP contribution in [-0.2, 0) is 29.1 Å². The number of phenolic OH excluding ortho intramolecular Hbond substituents is 1. The minimum absolute atomic E-state index is 0.0817. The van der Waals surface area contributed by atoms with Crippen LogP contribution in [0.15, 0.2) is 24.3 Å². The van der Waals surface area contributed by atoms with Crippen molar-refractivity contribution in [1.29, 1.82) is 0 Å². The van der Waals surface area contributed by atoms with Gasteiger partial charge in [-0.15, -0.1) is 11.3 Å². The van der Waals surface area contributed by atoms with E-state index in [-0.39, 0.29) is 37.0 Å². The molecule has 0 bridgehead atoms. The zero-order valence-electron chi connectivity index (χ0n) is 15.5. The predicted octanol–water partition coefficient (Wildman–Crippen LogP) is 3.62. The number of carbonyl (C=O) groups is 2. The molecule has 0 saturated carbocycles. The van der Waals surface area contributed by atoms with Gasteiger partial charge in [-0.2, -0.15) is 0 Å². The zero-order valence-corrected chi connectivity index (χ0v) is 17.1. The summed E-state index contributed by atoms with van der Waals surface area (Å²) in [6, 6.07) is 6.92. The number of aromatic nitrogens is 1. The first-order chi connectivity index (χ1) is 14.0. The molecule has 6 nitrogen and oxygen atoms in total. The van der Waals surface area contributed by atoms with Crippen molar-refractivity contribution < 1.29 is 14.7 Å². The second kappa shape index (κ2) is 7.09. The van der Waals surface area contributed by atoms with Crippen molar-refractivity contribution >= 4 is 45.0 Å². The number of hydrogen-bond acceptors (Lipinski definition) is 6. The van der Waals surface area contributed by atoms with Crippen LogP contribution in [0.3, 0.4) is 0 Å². The van der Waals surface area contributed by atoms with Crippen molar-refractivity contribution in [1.82, 2.24) is 15.2 Å². The fourth-order valence-corrected chi connectivity index (χ4v) is 5.56. The van der Waals surface area contributed by atoms with Gasteiger partial charge in [0.05, 0.1) is 17.3 Å². The number of halogens is 1. The smallest absolute Gasteiger partial charge is 0.230 e.